The molecule has 0 amide bonds. The largest absolute Gasteiger partial charge is 0.433 e. The van der Waals surface area contributed by atoms with E-state index in [9.17, 15) is 13.2 Å². The van der Waals surface area contributed by atoms with Gasteiger partial charge in [-0.05, 0) is 19.8 Å². The molecule has 1 fully saturated rings. The molecule has 0 aliphatic carbocycles. The molecule has 27 heavy (non-hydrogen) atoms. The van der Waals surface area contributed by atoms with Gasteiger partial charge in [-0.1, -0.05) is 0 Å². The van der Waals surface area contributed by atoms with Crippen molar-refractivity contribution in [2.24, 2.45) is 0 Å². The van der Waals surface area contributed by atoms with Gasteiger partial charge in [0.15, 0.2) is 0 Å². The molecule has 11 heteroatoms. The van der Waals surface area contributed by atoms with E-state index in [1.54, 1.807) is 4.52 Å². The van der Waals surface area contributed by atoms with E-state index in [0.29, 0.717) is 5.78 Å². The molecule has 8 nitrogen and oxygen atoms in total. The molecule has 1 saturated heterocycles. The summed E-state index contributed by atoms with van der Waals surface area (Å²) >= 11 is 0. The Morgan fingerprint density at radius 3 is 2.59 bits per heavy atom. The maximum absolute atomic E-state index is 12.8. The highest BCUT2D eigenvalue weighted by molar-refractivity contribution is 5.48. The van der Waals surface area contributed by atoms with Gasteiger partial charge >= 0.3 is 6.18 Å². The molecule has 4 heterocycles. The van der Waals surface area contributed by atoms with E-state index in [0.717, 1.165) is 49.8 Å². The molecule has 0 unspecified atom stereocenters. The zero-order valence-electron chi connectivity index (χ0n) is 14.5. The van der Waals surface area contributed by atoms with E-state index in [4.69, 9.17) is 0 Å². The summed E-state index contributed by atoms with van der Waals surface area (Å²) in [6, 6.07) is 2.93. The Morgan fingerprint density at radius 2 is 1.85 bits per heavy atom. The molecule has 1 N–H and O–H groups in total. The number of hydrogen-bond donors (Lipinski definition) is 1. The second-order valence-electron chi connectivity index (χ2n) is 6.42. The van der Waals surface area contributed by atoms with Gasteiger partial charge in [-0.15, -0.1) is 0 Å². The number of halogens is 3. The van der Waals surface area contributed by atoms with Crippen LogP contribution in [-0.4, -0.2) is 48.7 Å². The highest BCUT2D eigenvalue weighted by atomic mass is 19.4. The fraction of sp³-hybridized carbons (Fsp3) is 0.438. The van der Waals surface area contributed by atoms with Crippen LogP contribution >= 0.6 is 0 Å². The van der Waals surface area contributed by atoms with Crippen molar-refractivity contribution >= 4 is 17.4 Å². The third-order valence-corrected chi connectivity index (χ3v) is 4.49. The first-order valence-corrected chi connectivity index (χ1v) is 8.48. The number of piperidine rings is 1. The van der Waals surface area contributed by atoms with Gasteiger partial charge < -0.3 is 10.2 Å². The third kappa shape index (κ3) is 3.62. The zero-order chi connectivity index (χ0) is 19.0. The summed E-state index contributed by atoms with van der Waals surface area (Å²) in [7, 11) is 0. The molecule has 0 atom stereocenters. The number of alkyl halides is 3. The van der Waals surface area contributed by atoms with Gasteiger partial charge in [-0.25, -0.2) is 15.0 Å². The summed E-state index contributed by atoms with van der Waals surface area (Å²) in [6.07, 6.45) is -0.578. The van der Waals surface area contributed by atoms with Crippen LogP contribution < -0.4 is 10.2 Å². The van der Waals surface area contributed by atoms with Crippen LogP contribution in [0.2, 0.25) is 0 Å². The molecule has 0 radical (unpaired) electrons. The van der Waals surface area contributed by atoms with E-state index in [1.807, 2.05) is 13.0 Å². The lowest BCUT2D eigenvalue weighted by Crippen LogP contribution is -2.40. The summed E-state index contributed by atoms with van der Waals surface area (Å²) in [5, 5.41) is 7.30. The highest BCUT2D eigenvalue weighted by Crippen LogP contribution is 2.29. The molecular weight excluding hydrogens is 361 g/mol. The molecule has 4 rings (SSSR count). The van der Waals surface area contributed by atoms with E-state index in [1.165, 1.54) is 6.33 Å². The van der Waals surface area contributed by atoms with E-state index in [-0.39, 0.29) is 11.9 Å². The zero-order valence-corrected chi connectivity index (χ0v) is 14.5. The molecule has 0 spiro atoms. The van der Waals surface area contributed by atoms with Crippen LogP contribution in [0.4, 0.5) is 24.8 Å². The lowest BCUT2D eigenvalue weighted by molar-refractivity contribution is -0.141. The Labute approximate surface area is 152 Å². The Kier molecular flexibility index (Phi) is 4.28. The first-order valence-electron chi connectivity index (χ1n) is 8.48. The Hall–Kier alpha value is -2.98. The first-order chi connectivity index (χ1) is 12.9. The number of aromatic nitrogens is 6. The van der Waals surface area contributed by atoms with Crippen molar-refractivity contribution < 1.29 is 13.2 Å². The van der Waals surface area contributed by atoms with Gasteiger partial charge in [-0.3, -0.25) is 0 Å². The maximum Gasteiger partial charge on any atom is 0.433 e. The van der Waals surface area contributed by atoms with Gasteiger partial charge in [0.05, 0.1) is 0 Å². The molecule has 0 saturated carbocycles. The average molecular weight is 378 g/mol. The predicted octanol–water partition coefficient (Wildman–Crippen LogP) is 2.32. The minimum Gasteiger partial charge on any atom is -0.367 e. The summed E-state index contributed by atoms with van der Waals surface area (Å²) in [4.78, 5) is 17.8. The fourth-order valence-electron chi connectivity index (χ4n) is 3.19. The van der Waals surface area contributed by atoms with Gasteiger partial charge in [0.2, 0.25) is 0 Å². The van der Waals surface area contributed by atoms with E-state index < -0.39 is 11.9 Å². The van der Waals surface area contributed by atoms with Crippen LogP contribution in [0, 0.1) is 6.92 Å². The average Bonchev–Trinajstić information content (AvgIpc) is 3.09. The van der Waals surface area contributed by atoms with Crippen molar-refractivity contribution in [2.45, 2.75) is 32.0 Å². The van der Waals surface area contributed by atoms with Crippen LogP contribution in [0.3, 0.4) is 0 Å². The minimum atomic E-state index is -4.48. The predicted molar refractivity (Wildman–Crippen MR) is 91.4 cm³/mol. The third-order valence-electron chi connectivity index (χ3n) is 4.49. The normalized spacial score (nSPS) is 16.1. The highest BCUT2D eigenvalue weighted by Gasteiger charge is 2.33. The quantitative estimate of drug-likeness (QED) is 0.749. The fourth-order valence-corrected chi connectivity index (χ4v) is 3.19. The molecule has 3 aromatic heterocycles. The number of nitrogens with one attached hydrogen (secondary N) is 1. The van der Waals surface area contributed by atoms with Crippen molar-refractivity contribution in [3.05, 3.63) is 36.2 Å². The van der Waals surface area contributed by atoms with Crippen LogP contribution in [0.25, 0.3) is 5.78 Å². The van der Waals surface area contributed by atoms with Crippen LogP contribution in [-0.2, 0) is 6.18 Å². The summed E-state index contributed by atoms with van der Waals surface area (Å²) in [5.41, 5.74) is -0.0929. The lowest BCUT2D eigenvalue weighted by Gasteiger charge is -2.34. The standard InChI is InChI=1S/C16H17F3N8/c1-10-6-14(27-15(24-10)22-9-23-27)26-4-2-11(3-5-26)25-13-7-12(16(17,18)19)20-8-21-13/h6-9,11H,2-5H2,1H3,(H,20,21,25). The van der Waals surface area contributed by atoms with Crippen molar-refractivity contribution in [3.63, 3.8) is 0 Å². The Bertz CT molecular complexity index is 946. The smallest absolute Gasteiger partial charge is 0.367 e. The second kappa shape index (κ2) is 6.63. The number of aryl methyl sites for hydroxylation is 1. The van der Waals surface area contributed by atoms with Crippen molar-refractivity contribution in [2.75, 3.05) is 23.3 Å². The number of fused-ring (bicyclic) bond motifs is 1. The van der Waals surface area contributed by atoms with Crippen LogP contribution in [0.15, 0.2) is 24.8 Å². The summed E-state index contributed by atoms with van der Waals surface area (Å²) in [6.45, 7) is 3.36. The minimum absolute atomic E-state index is 0.0337. The second-order valence-corrected chi connectivity index (χ2v) is 6.42. The molecule has 0 bridgehead atoms. The number of anilines is 2. The summed E-state index contributed by atoms with van der Waals surface area (Å²) < 4.78 is 40.0. The molecule has 0 aromatic carbocycles. The molecular formula is C16H17F3N8. The number of rotatable bonds is 3. The van der Waals surface area contributed by atoms with Crippen LogP contribution in [0.5, 0.6) is 0 Å². The van der Waals surface area contributed by atoms with Gasteiger partial charge in [-0.2, -0.15) is 27.8 Å². The van der Waals surface area contributed by atoms with Gasteiger partial charge in [0, 0.05) is 37.0 Å². The Balaban J connectivity index is 1.44. The van der Waals surface area contributed by atoms with Gasteiger partial charge in [0.25, 0.3) is 5.78 Å². The Morgan fingerprint density at radius 1 is 1.07 bits per heavy atom. The van der Waals surface area contributed by atoms with Gasteiger partial charge in [0.1, 0.15) is 30.0 Å². The van der Waals surface area contributed by atoms with Crippen LogP contribution in [0.1, 0.15) is 24.2 Å². The number of hydrogen-bond acceptors (Lipinski definition) is 7. The SMILES string of the molecule is Cc1cc(N2CCC(Nc3cc(C(F)(F)F)ncn3)CC2)n2ncnc2n1. The van der Waals surface area contributed by atoms with E-state index >= 15 is 0 Å². The first kappa shape index (κ1) is 17.4. The summed E-state index contributed by atoms with van der Waals surface area (Å²) in [5.74, 6) is 1.65. The van der Waals surface area contributed by atoms with Crippen molar-refractivity contribution in [1.82, 2.24) is 29.5 Å². The monoisotopic (exact) mass is 378 g/mol. The lowest BCUT2D eigenvalue weighted by atomic mass is 10.0. The maximum atomic E-state index is 12.8. The molecule has 3 aromatic rings. The molecule has 1 aliphatic rings. The number of nitrogens with zero attached hydrogens (tertiary/aromatic N) is 7. The molecule has 142 valence electrons. The van der Waals surface area contributed by atoms with Crippen molar-refractivity contribution in [3.8, 4) is 0 Å². The topological polar surface area (TPSA) is 84.1 Å². The molecule has 1 aliphatic heterocycles. The van der Waals surface area contributed by atoms with E-state index in [2.05, 4.69) is 35.3 Å². The van der Waals surface area contributed by atoms with Crippen molar-refractivity contribution in [1.29, 1.82) is 0 Å².